The molecule has 0 aliphatic rings. The Morgan fingerprint density at radius 2 is 1.72 bits per heavy atom. The first kappa shape index (κ1) is 16.8. The molecule has 0 atom stereocenters. The van der Waals surface area contributed by atoms with Gasteiger partial charge in [0.15, 0.2) is 5.96 Å². The zero-order valence-electron chi connectivity index (χ0n) is 14.5. The van der Waals surface area contributed by atoms with Crippen molar-refractivity contribution in [3.63, 3.8) is 0 Å². The molecule has 0 bridgehead atoms. The summed E-state index contributed by atoms with van der Waals surface area (Å²) in [6.07, 6.45) is 1.67. The van der Waals surface area contributed by atoms with E-state index in [1.165, 1.54) is 11.1 Å². The Hall–Kier alpha value is -3.08. The molecule has 2 aromatic carbocycles. The highest BCUT2D eigenvalue weighted by atomic mass is 16.3. The third-order valence-corrected chi connectivity index (χ3v) is 3.94. The Morgan fingerprint density at radius 3 is 2.48 bits per heavy atom. The summed E-state index contributed by atoms with van der Waals surface area (Å²) in [5.74, 6) is 1.35. The number of aromatic nitrogens is 1. The topological polar surface area (TPSA) is 62.5 Å². The predicted molar refractivity (Wildman–Crippen MR) is 100 cm³/mol. The summed E-state index contributed by atoms with van der Waals surface area (Å²) in [4.78, 5) is 8.76. The number of hydrogen-bond acceptors (Lipinski definition) is 3. The van der Waals surface area contributed by atoms with Crippen molar-refractivity contribution in [3.8, 4) is 11.5 Å². The third kappa shape index (κ3) is 4.47. The average Bonchev–Trinajstić information content (AvgIpc) is 3.13. The minimum absolute atomic E-state index is 0.545. The van der Waals surface area contributed by atoms with Gasteiger partial charge in [0.25, 0.3) is 0 Å². The van der Waals surface area contributed by atoms with E-state index in [9.17, 15) is 0 Å². The molecule has 0 fully saturated rings. The maximum atomic E-state index is 5.55. The summed E-state index contributed by atoms with van der Waals surface area (Å²) in [6, 6.07) is 18.2. The van der Waals surface area contributed by atoms with Crippen LogP contribution in [0.5, 0.6) is 0 Å². The third-order valence-electron chi connectivity index (χ3n) is 3.94. The van der Waals surface area contributed by atoms with E-state index in [4.69, 9.17) is 4.42 Å². The van der Waals surface area contributed by atoms with Gasteiger partial charge in [0.2, 0.25) is 5.89 Å². The summed E-state index contributed by atoms with van der Waals surface area (Å²) >= 11 is 0. The van der Waals surface area contributed by atoms with Gasteiger partial charge in [-0.3, -0.25) is 4.99 Å². The van der Waals surface area contributed by atoms with E-state index in [0.717, 1.165) is 23.8 Å². The molecular weight excluding hydrogens is 312 g/mol. The second-order valence-electron chi connectivity index (χ2n) is 5.72. The summed E-state index contributed by atoms with van der Waals surface area (Å²) in [6.45, 7) is 3.37. The molecule has 0 amide bonds. The molecule has 1 heterocycles. The summed E-state index contributed by atoms with van der Waals surface area (Å²) in [5.41, 5.74) is 4.31. The first-order valence-electron chi connectivity index (χ1n) is 8.25. The fourth-order valence-corrected chi connectivity index (χ4v) is 2.48. The Kier molecular flexibility index (Phi) is 5.46. The van der Waals surface area contributed by atoms with Crippen LogP contribution in [0.1, 0.15) is 16.8 Å². The average molecular weight is 334 g/mol. The summed E-state index contributed by atoms with van der Waals surface area (Å²) in [5, 5.41) is 6.57. The molecule has 0 aliphatic heterocycles. The number of hydrogen-bond donors (Lipinski definition) is 2. The van der Waals surface area contributed by atoms with Crippen LogP contribution in [0.3, 0.4) is 0 Å². The summed E-state index contributed by atoms with van der Waals surface area (Å²) in [7, 11) is 1.76. The smallest absolute Gasteiger partial charge is 0.226 e. The zero-order chi connectivity index (χ0) is 17.5. The minimum Gasteiger partial charge on any atom is -0.444 e. The van der Waals surface area contributed by atoms with Crippen LogP contribution in [0.4, 0.5) is 0 Å². The second-order valence-corrected chi connectivity index (χ2v) is 5.72. The molecular formula is C20H22N4O. The van der Waals surface area contributed by atoms with E-state index in [-0.39, 0.29) is 0 Å². The van der Waals surface area contributed by atoms with Crippen LogP contribution in [0.2, 0.25) is 0 Å². The molecule has 0 aliphatic carbocycles. The number of aryl methyl sites for hydroxylation is 1. The van der Waals surface area contributed by atoms with E-state index in [2.05, 4.69) is 39.7 Å². The molecule has 3 aromatic rings. The maximum absolute atomic E-state index is 5.55. The van der Waals surface area contributed by atoms with Crippen LogP contribution < -0.4 is 10.6 Å². The number of oxazole rings is 1. The molecule has 2 N–H and O–H groups in total. The van der Waals surface area contributed by atoms with Gasteiger partial charge >= 0.3 is 0 Å². The van der Waals surface area contributed by atoms with Gasteiger partial charge in [0.05, 0.1) is 12.2 Å². The molecule has 1 aromatic heterocycles. The van der Waals surface area contributed by atoms with Gasteiger partial charge in [-0.05, 0) is 30.2 Å². The number of nitrogens with zero attached hydrogens (tertiary/aromatic N) is 2. The molecule has 25 heavy (non-hydrogen) atoms. The van der Waals surface area contributed by atoms with Crippen molar-refractivity contribution in [1.29, 1.82) is 0 Å². The fourth-order valence-electron chi connectivity index (χ4n) is 2.48. The van der Waals surface area contributed by atoms with Crippen LogP contribution in [0.25, 0.3) is 11.5 Å². The standard InChI is InChI=1S/C20H22N4O/c1-15-8-6-7-11-17(15)12-22-20(21-2)23-13-18-14-25-19(24-18)16-9-4-3-5-10-16/h3-11,14H,12-13H2,1-2H3,(H2,21,22,23). The molecule has 128 valence electrons. The fraction of sp³-hybridized carbons (Fsp3) is 0.200. The van der Waals surface area contributed by atoms with Gasteiger partial charge in [0.1, 0.15) is 6.26 Å². The van der Waals surface area contributed by atoms with Crippen LogP contribution in [0.15, 0.2) is 70.3 Å². The molecule has 0 spiro atoms. The number of guanidine groups is 1. The van der Waals surface area contributed by atoms with Crippen LogP contribution >= 0.6 is 0 Å². The second kappa shape index (κ2) is 8.15. The predicted octanol–water partition coefficient (Wildman–Crippen LogP) is 3.52. The van der Waals surface area contributed by atoms with Crippen LogP contribution in [-0.4, -0.2) is 18.0 Å². The SMILES string of the molecule is CN=C(NCc1coc(-c2ccccc2)n1)NCc1ccccc1C. The van der Waals surface area contributed by atoms with Crippen LogP contribution in [-0.2, 0) is 13.1 Å². The Labute approximate surface area is 147 Å². The van der Waals surface area contributed by atoms with Crippen molar-refractivity contribution in [3.05, 3.63) is 77.7 Å². The van der Waals surface area contributed by atoms with E-state index in [1.54, 1.807) is 13.3 Å². The van der Waals surface area contributed by atoms with Crippen LogP contribution in [0, 0.1) is 6.92 Å². The Bertz CT molecular complexity index is 840. The number of nitrogens with one attached hydrogen (secondary N) is 2. The zero-order valence-corrected chi connectivity index (χ0v) is 14.5. The lowest BCUT2D eigenvalue weighted by atomic mass is 10.1. The number of aliphatic imine (C=N–C) groups is 1. The normalized spacial score (nSPS) is 11.4. The molecule has 5 nitrogen and oxygen atoms in total. The molecule has 0 radical (unpaired) electrons. The molecule has 0 unspecified atom stereocenters. The molecule has 3 rings (SSSR count). The van der Waals surface area contributed by atoms with Gasteiger partial charge in [-0.2, -0.15) is 0 Å². The largest absolute Gasteiger partial charge is 0.444 e. The maximum Gasteiger partial charge on any atom is 0.226 e. The van der Waals surface area contributed by atoms with Gasteiger partial charge in [-0.25, -0.2) is 4.98 Å². The minimum atomic E-state index is 0.545. The van der Waals surface area contributed by atoms with E-state index < -0.39 is 0 Å². The van der Waals surface area contributed by atoms with Gasteiger partial charge in [-0.1, -0.05) is 42.5 Å². The van der Waals surface area contributed by atoms with Crippen molar-refractivity contribution in [2.24, 2.45) is 4.99 Å². The number of benzene rings is 2. The van der Waals surface area contributed by atoms with Gasteiger partial charge in [0, 0.05) is 19.2 Å². The Morgan fingerprint density at radius 1 is 1.00 bits per heavy atom. The highest BCUT2D eigenvalue weighted by molar-refractivity contribution is 5.79. The quantitative estimate of drug-likeness (QED) is 0.554. The van der Waals surface area contributed by atoms with Crippen molar-refractivity contribution < 1.29 is 4.42 Å². The van der Waals surface area contributed by atoms with E-state index in [1.807, 2.05) is 42.5 Å². The number of rotatable bonds is 5. The molecule has 0 saturated carbocycles. The highest BCUT2D eigenvalue weighted by Gasteiger charge is 2.07. The molecule has 0 saturated heterocycles. The Balaban J connectivity index is 1.55. The van der Waals surface area contributed by atoms with E-state index in [0.29, 0.717) is 12.4 Å². The first-order valence-corrected chi connectivity index (χ1v) is 8.25. The highest BCUT2D eigenvalue weighted by Crippen LogP contribution is 2.17. The summed E-state index contributed by atoms with van der Waals surface area (Å²) < 4.78 is 5.55. The van der Waals surface area contributed by atoms with Gasteiger partial charge in [-0.15, -0.1) is 0 Å². The first-order chi connectivity index (χ1) is 12.3. The monoisotopic (exact) mass is 334 g/mol. The van der Waals surface area contributed by atoms with Crippen molar-refractivity contribution >= 4 is 5.96 Å². The van der Waals surface area contributed by atoms with Crippen molar-refractivity contribution in [2.45, 2.75) is 20.0 Å². The lowest BCUT2D eigenvalue weighted by molar-refractivity contribution is 0.572. The van der Waals surface area contributed by atoms with Gasteiger partial charge < -0.3 is 15.1 Å². The molecule has 5 heteroatoms. The lowest BCUT2D eigenvalue weighted by Crippen LogP contribution is -2.36. The van der Waals surface area contributed by atoms with Crippen molar-refractivity contribution in [2.75, 3.05) is 7.05 Å². The van der Waals surface area contributed by atoms with Crippen molar-refractivity contribution in [1.82, 2.24) is 15.6 Å². The lowest BCUT2D eigenvalue weighted by Gasteiger charge is -2.12. The van der Waals surface area contributed by atoms with E-state index >= 15 is 0 Å².